The Balaban J connectivity index is 1.56. The van der Waals surface area contributed by atoms with Crippen molar-refractivity contribution in [3.05, 3.63) is 0 Å². The first-order chi connectivity index (χ1) is 6.90. The summed E-state index contributed by atoms with van der Waals surface area (Å²) in [4.78, 5) is 2.53. The van der Waals surface area contributed by atoms with Crippen LogP contribution in [0.3, 0.4) is 0 Å². The quantitative estimate of drug-likeness (QED) is 0.599. The first kappa shape index (κ1) is 10.4. The van der Waals surface area contributed by atoms with Crippen LogP contribution in [0.2, 0.25) is 0 Å². The van der Waals surface area contributed by atoms with Crippen LogP contribution in [-0.2, 0) is 0 Å². The average Bonchev–Trinajstić information content (AvgIpc) is 3.02. The van der Waals surface area contributed by atoms with Crippen LogP contribution < -0.4 is 5.32 Å². The van der Waals surface area contributed by atoms with Crippen LogP contribution in [0.25, 0.3) is 0 Å². The second-order valence-corrected chi connectivity index (χ2v) is 4.57. The fraction of sp³-hybridized carbons (Fsp3) is 1.00. The van der Waals surface area contributed by atoms with Gasteiger partial charge in [-0.05, 0) is 32.1 Å². The SMILES string of the molecule is OCCCN(CCNC1CC1)C1CC1. The molecule has 2 aliphatic carbocycles. The van der Waals surface area contributed by atoms with Crippen molar-refractivity contribution >= 4 is 0 Å². The normalized spacial score (nSPS) is 21.9. The third-order valence-corrected chi connectivity index (χ3v) is 3.08. The monoisotopic (exact) mass is 198 g/mol. The van der Waals surface area contributed by atoms with E-state index in [1.54, 1.807) is 0 Å². The molecule has 2 rings (SSSR count). The molecule has 2 N–H and O–H groups in total. The molecule has 0 radical (unpaired) electrons. The van der Waals surface area contributed by atoms with E-state index in [-0.39, 0.29) is 0 Å². The van der Waals surface area contributed by atoms with Crippen LogP contribution in [-0.4, -0.2) is 48.3 Å². The maximum atomic E-state index is 8.80. The van der Waals surface area contributed by atoms with Gasteiger partial charge in [-0.1, -0.05) is 0 Å². The molecule has 0 aromatic carbocycles. The minimum absolute atomic E-state index is 0.333. The molecule has 0 aromatic heterocycles. The minimum Gasteiger partial charge on any atom is -0.396 e. The van der Waals surface area contributed by atoms with Crippen LogP contribution >= 0.6 is 0 Å². The molecular formula is C11H22N2O. The number of nitrogens with zero attached hydrogens (tertiary/aromatic N) is 1. The number of aliphatic hydroxyl groups excluding tert-OH is 1. The zero-order valence-corrected chi connectivity index (χ0v) is 8.91. The number of rotatable bonds is 8. The van der Waals surface area contributed by atoms with Gasteiger partial charge in [0.15, 0.2) is 0 Å². The van der Waals surface area contributed by atoms with E-state index in [2.05, 4.69) is 10.2 Å². The molecular weight excluding hydrogens is 176 g/mol. The lowest BCUT2D eigenvalue weighted by atomic mass is 10.3. The van der Waals surface area contributed by atoms with Crippen molar-refractivity contribution in [3.63, 3.8) is 0 Å². The lowest BCUT2D eigenvalue weighted by Gasteiger charge is -2.21. The topological polar surface area (TPSA) is 35.5 Å². The summed E-state index contributed by atoms with van der Waals surface area (Å²) in [6.07, 6.45) is 6.42. The summed E-state index contributed by atoms with van der Waals surface area (Å²) in [6.45, 7) is 3.71. The van der Waals surface area contributed by atoms with Crippen molar-refractivity contribution in [2.75, 3.05) is 26.2 Å². The molecule has 82 valence electrons. The Hall–Kier alpha value is -0.120. The molecule has 2 saturated carbocycles. The summed E-state index contributed by atoms with van der Waals surface area (Å²) in [7, 11) is 0. The van der Waals surface area contributed by atoms with Gasteiger partial charge in [-0.25, -0.2) is 0 Å². The van der Waals surface area contributed by atoms with Crippen molar-refractivity contribution in [3.8, 4) is 0 Å². The van der Waals surface area contributed by atoms with Crippen molar-refractivity contribution in [1.29, 1.82) is 0 Å². The number of nitrogens with one attached hydrogen (secondary N) is 1. The molecule has 0 saturated heterocycles. The maximum absolute atomic E-state index is 8.80. The lowest BCUT2D eigenvalue weighted by molar-refractivity contribution is 0.217. The molecule has 2 aliphatic rings. The molecule has 0 aliphatic heterocycles. The van der Waals surface area contributed by atoms with E-state index in [4.69, 9.17) is 5.11 Å². The maximum Gasteiger partial charge on any atom is 0.0443 e. The van der Waals surface area contributed by atoms with Crippen LogP contribution in [0.1, 0.15) is 32.1 Å². The fourth-order valence-corrected chi connectivity index (χ4v) is 1.89. The van der Waals surface area contributed by atoms with Gasteiger partial charge in [0.25, 0.3) is 0 Å². The zero-order valence-electron chi connectivity index (χ0n) is 8.91. The molecule has 2 fully saturated rings. The van der Waals surface area contributed by atoms with Crippen LogP contribution in [0.15, 0.2) is 0 Å². The van der Waals surface area contributed by atoms with Crippen LogP contribution in [0.4, 0.5) is 0 Å². The van der Waals surface area contributed by atoms with Crippen molar-refractivity contribution in [2.24, 2.45) is 0 Å². The summed E-state index contributed by atoms with van der Waals surface area (Å²) in [6, 6.07) is 1.66. The highest BCUT2D eigenvalue weighted by Crippen LogP contribution is 2.26. The summed E-state index contributed by atoms with van der Waals surface area (Å²) >= 11 is 0. The minimum atomic E-state index is 0.333. The Morgan fingerprint density at radius 2 is 1.93 bits per heavy atom. The first-order valence-electron chi connectivity index (χ1n) is 5.98. The molecule has 0 aromatic rings. The van der Waals surface area contributed by atoms with Crippen molar-refractivity contribution in [2.45, 2.75) is 44.2 Å². The Morgan fingerprint density at radius 1 is 1.14 bits per heavy atom. The average molecular weight is 198 g/mol. The Morgan fingerprint density at radius 3 is 2.50 bits per heavy atom. The molecule has 0 bridgehead atoms. The molecule has 3 heteroatoms. The van der Waals surface area contributed by atoms with Gasteiger partial charge in [-0.3, -0.25) is 4.90 Å². The molecule has 3 nitrogen and oxygen atoms in total. The molecule has 0 heterocycles. The second-order valence-electron chi connectivity index (χ2n) is 4.57. The van der Waals surface area contributed by atoms with Gasteiger partial charge in [-0.15, -0.1) is 0 Å². The highest BCUT2D eigenvalue weighted by atomic mass is 16.3. The van der Waals surface area contributed by atoms with Gasteiger partial charge < -0.3 is 10.4 Å². The van der Waals surface area contributed by atoms with Gasteiger partial charge in [0.1, 0.15) is 0 Å². The Labute approximate surface area is 86.5 Å². The van der Waals surface area contributed by atoms with Gasteiger partial charge in [0.05, 0.1) is 0 Å². The highest BCUT2D eigenvalue weighted by Gasteiger charge is 2.28. The third kappa shape index (κ3) is 3.56. The van der Waals surface area contributed by atoms with E-state index in [9.17, 15) is 0 Å². The van der Waals surface area contributed by atoms with Crippen LogP contribution in [0, 0.1) is 0 Å². The van der Waals surface area contributed by atoms with Gasteiger partial charge >= 0.3 is 0 Å². The van der Waals surface area contributed by atoms with Crippen molar-refractivity contribution in [1.82, 2.24) is 10.2 Å². The Bertz CT molecular complexity index is 167. The summed E-state index contributed by atoms with van der Waals surface area (Å²) < 4.78 is 0. The standard InChI is InChI=1S/C11H22N2O/c14-9-1-7-13(11-4-5-11)8-6-12-10-2-3-10/h10-12,14H,1-9H2. The molecule has 14 heavy (non-hydrogen) atoms. The van der Waals surface area contributed by atoms with Crippen LogP contribution in [0.5, 0.6) is 0 Å². The lowest BCUT2D eigenvalue weighted by Crippen LogP contribution is -2.35. The van der Waals surface area contributed by atoms with E-state index in [1.807, 2.05) is 0 Å². The molecule has 0 atom stereocenters. The number of hydrogen-bond donors (Lipinski definition) is 2. The van der Waals surface area contributed by atoms with E-state index in [0.29, 0.717) is 6.61 Å². The van der Waals surface area contributed by atoms with E-state index in [1.165, 1.54) is 32.2 Å². The smallest absolute Gasteiger partial charge is 0.0443 e. The number of aliphatic hydroxyl groups is 1. The highest BCUT2D eigenvalue weighted by molar-refractivity contribution is 4.86. The largest absolute Gasteiger partial charge is 0.396 e. The molecule has 0 unspecified atom stereocenters. The first-order valence-corrected chi connectivity index (χ1v) is 5.98. The van der Waals surface area contributed by atoms with E-state index < -0.39 is 0 Å². The van der Waals surface area contributed by atoms with Gasteiger partial charge in [-0.2, -0.15) is 0 Å². The predicted molar refractivity (Wildman–Crippen MR) is 57.3 cm³/mol. The van der Waals surface area contributed by atoms with E-state index in [0.717, 1.165) is 31.6 Å². The summed E-state index contributed by atoms with van der Waals surface area (Å²) in [5.74, 6) is 0. The summed E-state index contributed by atoms with van der Waals surface area (Å²) in [5, 5.41) is 12.3. The fourth-order valence-electron chi connectivity index (χ4n) is 1.89. The number of hydrogen-bond acceptors (Lipinski definition) is 3. The predicted octanol–water partition coefficient (Wildman–Crippen LogP) is 0.585. The second kappa shape index (κ2) is 5.10. The zero-order chi connectivity index (χ0) is 9.80. The van der Waals surface area contributed by atoms with E-state index >= 15 is 0 Å². The Kier molecular flexibility index (Phi) is 3.79. The third-order valence-electron chi connectivity index (χ3n) is 3.08. The summed E-state index contributed by atoms with van der Waals surface area (Å²) in [5.41, 5.74) is 0. The molecule has 0 spiro atoms. The molecule has 0 amide bonds. The van der Waals surface area contributed by atoms with Crippen molar-refractivity contribution < 1.29 is 5.11 Å². The van der Waals surface area contributed by atoms with Gasteiger partial charge in [0.2, 0.25) is 0 Å². The van der Waals surface area contributed by atoms with Gasteiger partial charge in [0, 0.05) is 38.3 Å².